The Kier molecular flexibility index (Phi) is 14.5. The molecule has 160 valence electrons. The molecule has 0 bridgehead atoms. The van der Waals surface area contributed by atoms with Gasteiger partial charge in [0.25, 0.3) is 0 Å². The number of carbonyl (C=O) groups is 1. The standard InChI is InChI=1S/C18H35NO8/c1-4-27-18(20)11-19-16(12-25-14-23-9-7-21-2)5-6-17(19)13-26-15-24-10-8-22-3/h16-17H,4-15H2,1-3H3/t16-,17-/m1/s1. The average molecular weight is 393 g/mol. The molecule has 1 aliphatic heterocycles. The highest BCUT2D eigenvalue weighted by Crippen LogP contribution is 2.24. The summed E-state index contributed by atoms with van der Waals surface area (Å²) < 4.78 is 36.8. The predicted octanol–water partition coefficient (Wildman–Crippen LogP) is 0.657. The smallest absolute Gasteiger partial charge is 0.320 e. The fourth-order valence-corrected chi connectivity index (χ4v) is 2.88. The summed E-state index contributed by atoms with van der Waals surface area (Å²) in [5.74, 6) is -0.234. The second-order valence-electron chi connectivity index (χ2n) is 6.14. The van der Waals surface area contributed by atoms with Crippen molar-refractivity contribution in [1.29, 1.82) is 0 Å². The lowest BCUT2D eigenvalue weighted by atomic mass is 10.2. The van der Waals surface area contributed by atoms with Crippen LogP contribution in [0.3, 0.4) is 0 Å². The molecule has 0 N–H and O–H groups in total. The second kappa shape index (κ2) is 16.2. The summed E-state index contributed by atoms with van der Waals surface area (Å²) >= 11 is 0. The monoisotopic (exact) mass is 393 g/mol. The van der Waals surface area contributed by atoms with Gasteiger partial charge < -0.3 is 33.2 Å². The van der Waals surface area contributed by atoms with Crippen LogP contribution in [0.2, 0.25) is 0 Å². The molecule has 0 aromatic heterocycles. The lowest BCUT2D eigenvalue weighted by molar-refractivity contribution is -0.146. The molecule has 0 unspecified atom stereocenters. The van der Waals surface area contributed by atoms with Gasteiger partial charge in [0.15, 0.2) is 0 Å². The van der Waals surface area contributed by atoms with Crippen molar-refractivity contribution in [3.8, 4) is 0 Å². The van der Waals surface area contributed by atoms with Crippen LogP contribution >= 0.6 is 0 Å². The van der Waals surface area contributed by atoms with E-state index in [1.807, 2.05) is 0 Å². The van der Waals surface area contributed by atoms with Crippen LogP contribution in [0.5, 0.6) is 0 Å². The molecule has 1 saturated heterocycles. The molecule has 1 rings (SSSR count). The van der Waals surface area contributed by atoms with Crippen LogP contribution in [0.25, 0.3) is 0 Å². The van der Waals surface area contributed by atoms with Crippen molar-refractivity contribution >= 4 is 5.97 Å². The molecule has 1 aliphatic rings. The van der Waals surface area contributed by atoms with Crippen molar-refractivity contribution in [1.82, 2.24) is 4.90 Å². The van der Waals surface area contributed by atoms with Crippen molar-refractivity contribution in [3.05, 3.63) is 0 Å². The van der Waals surface area contributed by atoms with E-state index in [-0.39, 0.29) is 38.2 Å². The SMILES string of the molecule is CCOC(=O)CN1[C@@H](COCOCCOC)CC[C@@H]1COCOCCOC. The highest BCUT2D eigenvalue weighted by molar-refractivity contribution is 5.71. The van der Waals surface area contributed by atoms with Gasteiger partial charge in [0.05, 0.1) is 52.8 Å². The van der Waals surface area contributed by atoms with Gasteiger partial charge in [-0.25, -0.2) is 0 Å². The van der Waals surface area contributed by atoms with E-state index in [4.69, 9.17) is 33.2 Å². The van der Waals surface area contributed by atoms with E-state index in [1.54, 1.807) is 21.1 Å². The zero-order chi connectivity index (χ0) is 19.7. The largest absolute Gasteiger partial charge is 0.465 e. The zero-order valence-corrected chi connectivity index (χ0v) is 16.9. The van der Waals surface area contributed by atoms with E-state index in [9.17, 15) is 4.79 Å². The van der Waals surface area contributed by atoms with Crippen LogP contribution in [0.1, 0.15) is 19.8 Å². The molecule has 0 amide bonds. The Labute approximate surface area is 162 Å². The molecule has 0 aromatic carbocycles. The number of hydrogen-bond donors (Lipinski definition) is 0. The van der Waals surface area contributed by atoms with E-state index in [0.29, 0.717) is 46.2 Å². The Morgan fingerprint density at radius 1 is 0.852 bits per heavy atom. The minimum atomic E-state index is -0.234. The normalized spacial score (nSPS) is 20.3. The van der Waals surface area contributed by atoms with Crippen LogP contribution in [-0.4, -0.2) is 104 Å². The molecule has 0 spiro atoms. The quantitative estimate of drug-likeness (QED) is 0.201. The summed E-state index contributed by atoms with van der Waals surface area (Å²) in [6.07, 6.45) is 1.85. The maximum Gasteiger partial charge on any atom is 0.320 e. The van der Waals surface area contributed by atoms with Gasteiger partial charge in [-0.3, -0.25) is 9.69 Å². The van der Waals surface area contributed by atoms with Crippen molar-refractivity contribution < 1.29 is 38.0 Å². The maximum atomic E-state index is 12.0. The van der Waals surface area contributed by atoms with E-state index in [2.05, 4.69) is 4.90 Å². The van der Waals surface area contributed by atoms with Crippen molar-refractivity contribution in [2.24, 2.45) is 0 Å². The molecule has 1 heterocycles. The van der Waals surface area contributed by atoms with Gasteiger partial charge in [-0.1, -0.05) is 0 Å². The Morgan fingerprint density at radius 2 is 1.37 bits per heavy atom. The van der Waals surface area contributed by atoms with Crippen molar-refractivity contribution in [3.63, 3.8) is 0 Å². The summed E-state index contributed by atoms with van der Waals surface area (Å²) in [7, 11) is 3.25. The number of likely N-dealkylation sites (tertiary alicyclic amines) is 1. The van der Waals surface area contributed by atoms with Crippen molar-refractivity contribution in [2.75, 3.05) is 80.6 Å². The Balaban J connectivity index is 2.37. The maximum absolute atomic E-state index is 12.0. The predicted molar refractivity (Wildman–Crippen MR) is 97.4 cm³/mol. The first-order valence-corrected chi connectivity index (χ1v) is 9.43. The number of ether oxygens (including phenoxy) is 7. The molecule has 1 fully saturated rings. The summed E-state index contributed by atoms with van der Waals surface area (Å²) in [5, 5.41) is 0. The summed E-state index contributed by atoms with van der Waals surface area (Å²) in [5.41, 5.74) is 0. The molecular formula is C18H35NO8. The zero-order valence-electron chi connectivity index (χ0n) is 16.9. The van der Waals surface area contributed by atoms with Gasteiger partial charge in [0.2, 0.25) is 0 Å². The molecule has 9 nitrogen and oxygen atoms in total. The Hall–Kier alpha value is -0.810. The van der Waals surface area contributed by atoms with Crippen molar-refractivity contribution in [2.45, 2.75) is 31.8 Å². The molecular weight excluding hydrogens is 358 g/mol. The first kappa shape index (κ1) is 24.2. The molecule has 9 heteroatoms. The molecule has 0 saturated carbocycles. The molecule has 27 heavy (non-hydrogen) atoms. The van der Waals surface area contributed by atoms with E-state index in [1.165, 1.54) is 0 Å². The van der Waals surface area contributed by atoms with Gasteiger partial charge in [0, 0.05) is 26.3 Å². The topological polar surface area (TPSA) is 84.9 Å². The van der Waals surface area contributed by atoms with Gasteiger partial charge in [-0.2, -0.15) is 0 Å². The van der Waals surface area contributed by atoms with Gasteiger partial charge in [-0.15, -0.1) is 0 Å². The number of methoxy groups -OCH3 is 2. The third-order valence-electron chi connectivity index (χ3n) is 4.21. The van der Waals surface area contributed by atoms with Crippen LogP contribution < -0.4 is 0 Å². The third kappa shape index (κ3) is 10.9. The van der Waals surface area contributed by atoms with Gasteiger partial charge in [-0.05, 0) is 19.8 Å². The molecule has 0 radical (unpaired) electrons. The highest BCUT2D eigenvalue weighted by atomic mass is 16.7. The van der Waals surface area contributed by atoms with Gasteiger partial charge >= 0.3 is 5.97 Å². The van der Waals surface area contributed by atoms with Crippen LogP contribution in [-0.2, 0) is 38.0 Å². The minimum absolute atomic E-state index is 0.128. The first-order valence-electron chi connectivity index (χ1n) is 9.43. The fourth-order valence-electron chi connectivity index (χ4n) is 2.88. The highest BCUT2D eigenvalue weighted by Gasteiger charge is 2.35. The van der Waals surface area contributed by atoms with Crippen LogP contribution in [0, 0.1) is 0 Å². The number of rotatable bonds is 17. The lowest BCUT2D eigenvalue weighted by Crippen LogP contribution is -2.44. The summed E-state index contributed by atoms with van der Waals surface area (Å²) in [4.78, 5) is 14.1. The van der Waals surface area contributed by atoms with E-state index < -0.39 is 0 Å². The average Bonchev–Trinajstić information content (AvgIpc) is 3.03. The Morgan fingerprint density at radius 3 is 1.81 bits per heavy atom. The Bertz CT molecular complexity index is 347. The van der Waals surface area contributed by atoms with Gasteiger partial charge in [0.1, 0.15) is 13.6 Å². The lowest BCUT2D eigenvalue weighted by Gasteiger charge is -2.29. The number of carbonyl (C=O) groups excluding carboxylic acids is 1. The molecule has 0 aromatic rings. The van der Waals surface area contributed by atoms with E-state index in [0.717, 1.165) is 12.8 Å². The molecule has 2 atom stereocenters. The van der Waals surface area contributed by atoms with Crippen LogP contribution in [0.15, 0.2) is 0 Å². The number of nitrogens with zero attached hydrogens (tertiary/aromatic N) is 1. The number of hydrogen-bond acceptors (Lipinski definition) is 9. The van der Waals surface area contributed by atoms with E-state index >= 15 is 0 Å². The summed E-state index contributed by atoms with van der Waals surface area (Å²) in [6.45, 7) is 5.86. The minimum Gasteiger partial charge on any atom is -0.465 e. The first-order chi connectivity index (χ1) is 13.2. The second-order valence-corrected chi connectivity index (χ2v) is 6.14. The van der Waals surface area contributed by atoms with Crippen LogP contribution in [0.4, 0.5) is 0 Å². The fraction of sp³-hybridized carbons (Fsp3) is 0.944. The molecule has 0 aliphatic carbocycles. The third-order valence-corrected chi connectivity index (χ3v) is 4.21. The number of esters is 1. The summed E-state index contributed by atoms with van der Waals surface area (Å²) in [6, 6.07) is 0.256.